The molecular formula is C17H16ClN3O3. The number of aromatic nitrogens is 3. The maximum absolute atomic E-state index is 12.8. The average molecular weight is 346 g/mol. The Kier molecular flexibility index (Phi) is 4.40. The third-order valence-electron chi connectivity index (χ3n) is 3.56. The van der Waals surface area contributed by atoms with Gasteiger partial charge in [-0.25, -0.2) is 4.98 Å². The minimum Gasteiger partial charge on any atom is -0.465 e. The summed E-state index contributed by atoms with van der Waals surface area (Å²) in [6, 6.07) is 8.70. The predicted octanol–water partition coefficient (Wildman–Crippen LogP) is 2.92. The summed E-state index contributed by atoms with van der Waals surface area (Å²) in [6.07, 6.45) is 0. The second kappa shape index (κ2) is 6.49. The molecule has 0 saturated heterocycles. The number of nitrogens with one attached hydrogen (secondary N) is 1. The molecule has 0 spiro atoms. The first-order chi connectivity index (χ1) is 11.5. The van der Waals surface area contributed by atoms with E-state index in [9.17, 15) is 9.59 Å². The number of fused-ring (bicyclic) bond motifs is 1. The average Bonchev–Trinajstić information content (AvgIpc) is 2.91. The lowest BCUT2D eigenvalue weighted by atomic mass is 10.2. The normalized spacial score (nSPS) is 11.0. The van der Waals surface area contributed by atoms with E-state index in [-0.39, 0.29) is 18.7 Å². The molecule has 0 bridgehead atoms. The summed E-state index contributed by atoms with van der Waals surface area (Å²) < 4.78 is 6.29. The van der Waals surface area contributed by atoms with Crippen molar-refractivity contribution in [2.24, 2.45) is 0 Å². The van der Waals surface area contributed by atoms with Gasteiger partial charge in [-0.3, -0.25) is 14.2 Å². The number of hydrogen-bond acceptors (Lipinski definition) is 4. The maximum Gasteiger partial charge on any atom is 0.326 e. The first kappa shape index (κ1) is 16.3. The number of rotatable bonds is 4. The molecule has 124 valence electrons. The van der Waals surface area contributed by atoms with Crippen molar-refractivity contribution in [2.75, 3.05) is 6.61 Å². The van der Waals surface area contributed by atoms with Crippen LogP contribution in [0.5, 0.6) is 0 Å². The van der Waals surface area contributed by atoms with Gasteiger partial charge in [0.05, 0.1) is 12.0 Å². The van der Waals surface area contributed by atoms with Crippen LogP contribution in [-0.4, -0.2) is 27.1 Å². The van der Waals surface area contributed by atoms with E-state index in [1.54, 1.807) is 37.3 Å². The number of esters is 1. The van der Waals surface area contributed by atoms with Crippen molar-refractivity contribution in [3.8, 4) is 11.4 Å². The molecule has 7 heteroatoms. The second-order valence-corrected chi connectivity index (χ2v) is 5.79. The minimum atomic E-state index is -0.490. The molecule has 6 nitrogen and oxygen atoms in total. The molecule has 0 saturated carbocycles. The molecule has 0 unspecified atom stereocenters. The predicted molar refractivity (Wildman–Crippen MR) is 92.2 cm³/mol. The fourth-order valence-corrected chi connectivity index (χ4v) is 2.75. The van der Waals surface area contributed by atoms with Crippen LogP contribution in [-0.2, 0) is 16.1 Å². The molecule has 2 heterocycles. The molecule has 3 aromatic rings. The van der Waals surface area contributed by atoms with Gasteiger partial charge in [-0.1, -0.05) is 23.7 Å². The Hall–Kier alpha value is -2.60. The third-order valence-corrected chi connectivity index (χ3v) is 3.79. The number of aromatic amines is 1. The van der Waals surface area contributed by atoms with E-state index in [0.29, 0.717) is 27.4 Å². The van der Waals surface area contributed by atoms with Gasteiger partial charge in [0.25, 0.3) is 5.56 Å². The van der Waals surface area contributed by atoms with Gasteiger partial charge in [0.15, 0.2) is 0 Å². The first-order valence-electron chi connectivity index (χ1n) is 7.51. The van der Waals surface area contributed by atoms with E-state index >= 15 is 0 Å². The number of nitrogens with zero attached hydrogens (tertiary/aromatic N) is 2. The van der Waals surface area contributed by atoms with E-state index in [1.165, 1.54) is 4.57 Å². The maximum atomic E-state index is 12.8. The van der Waals surface area contributed by atoms with Crippen LogP contribution in [0.1, 0.15) is 12.6 Å². The SMILES string of the molecule is CCOC(=O)Cn1c(-c2cccc(Cl)c2)nc2[nH]c(C)cc2c1=O. The van der Waals surface area contributed by atoms with E-state index in [4.69, 9.17) is 16.3 Å². The summed E-state index contributed by atoms with van der Waals surface area (Å²) in [5, 5.41) is 0.953. The third kappa shape index (κ3) is 3.05. The molecule has 2 aromatic heterocycles. The van der Waals surface area contributed by atoms with Crippen molar-refractivity contribution >= 4 is 28.6 Å². The number of ether oxygens (including phenoxy) is 1. The van der Waals surface area contributed by atoms with Gasteiger partial charge < -0.3 is 9.72 Å². The smallest absolute Gasteiger partial charge is 0.326 e. The summed E-state index contributed by atoms with van der Waals surface area (Å²) in [5.41, 5.74) is 1.65. The zero-order valence-electron chi connectivity index (χ0n) is 13.3. The van der Waals surface area contributed by atoms with Crippen LogP contribution in [0.2, 0.25) is 5.02 Å². The van der Waals surface area contributed by atoms with E-state index in [2.05, 4.69) is 9.97 Å². The van der Waals surface area contributed by atoms with Gasteiger partial charge in [-0.15, -0.1) is 0 Å². The van der Waals surface area contributed by atoms with Crippen molar-refractivity contribution in [1.82, 2.24) is 14.5 Å². The lowest BCUT2D eigenvalue weighted by Gasteiger charge is -2.12. The molecule has 0 aliphatic rings. The molecule has 3 rings (SSSR count). The summed E-state index contributed by atoms with van der Waals surface area (Å²) >= 11 is 6.05. The molecular weight excluding hydrogens is 330 g/mol. The Morgan fingerprint density at radius 2 is 2.17 bits per heavy atom. The minimum absolute atomic E-state index is 0.207. The zero-order valence-corrected chi connectivity index (χ0v) is 14.1. The highest BCUT2D eigenvalue weighted by Gasteiger charge is 2.17. The highest BCUT2D eigenvalue weighted by Crippen LogP contribution is 2.22. The largest absolute Gasteiger partial charge is 0.465 e. The van der Waals surface area contributed by atoms with Gasteiger partial charge >= 0.3 is 5.97 Å². The standard InChI is InChI=1S/C17H16ClN3O3/c1-3-24-14(22)9-21-16(11-5-4-6-12(18)8-11)20-15-13(17(21)23)7-10(2)19-15/h4-8,19H,3,9H2,1-2H3. The van der Waals surface area contributed by atoms with Crippen molar-refractivity contribution in [3.63, 3.8) is 0 Å². The van der Waals surface area contributed by atoms with Gasteiger partial charge in [-0.2, -0.15) is 0 Å². The number of carbonyl (C=O) groups excluding carboxylic acids is 1. The fourth-order valence-electron chi connectivity index (χ4n) is 2.56. The summed E-state index contributed by atoms with van der Waals surface area (Å²) in [6.45, 7) is 3.60. The Labute approximate surface area is 143 Å². The van der Waals surface area contributed by atoms with Crippen molar-refractivity contribution in [2.45, 2.75) is 20.4 Å². The Morgan fingerprint density at radius 3 is 2.88 bits per heavy atom. The van der Waals surface area contributed by atoms with Crippen molar-refractivity contribution < 1.29 is 9.53 Å². The number of H-pyrrole nitrogens is 1. The number of hydrogen-bond donors (Lipinski definition) is 1. The molecule has 24 heavy (non-hydrogen) atoms. The van der Waals surface area contributed by atoms with Gasteiger partial charge in [0.1, 0.15) is 18.0 Å². The summed E-state index contributed by atoms with van der Waals surface area (Å²) in [5.74, 6) is -0.124. The van der Waals surface area contributed by atoms with Crippen molar-refractivity contribution in [1.29, 1.82) is 0 Å². The van der Waals surface area contributed by atoms with Crippen LogP contribution >= 0.6 is 11.6 Å². The topological polar surface area (TPSA) is 77.0 Å². The molecule has 0 aliphatic heterocycles. The lowest BCUT2D eigenvalue weighted by molar-refractivity contribution is -0.143. The molecule has 1 N–H and O–H groups in total. The lowest BCUT2D eigenvalue weighted by Crippen LogP contribution is -2.27. The van der Waals surface area contributed by atoms with E-state index in [0.717, 1.165) is 5.69 Å². The van der Waals surface area contributed by atoms with Gasteiger partial charge in [-0.05, 0) is 32.0 Å². The van der Waals surface area contributed by atoms with Gasteiger partial charge in [0.2, 0.25) is 0 Å². The molecule has 0 atom stereocenters. The van der Waals surface area contributed by atoms with Crippen molar-refractivity contribution in [3.05, 3.63) is 51.4 Å². The molecule has 1 aromatic carbocycles. The highest BCUT2D eigenvalue weighted by atomic mass is 35.5. The Morgan fingerprint density at radius 1 is 1.38 bits per heavy atom. The van der Waals surface area contributed by atoms with E-state index in [1.807, 2.05) is 6.92 Å². The second-order valence-electron chi connectivity index (χ2n) is 5.36. The fraction of sp³-hybridized carbons (Fsp3) is 0.235. The molecule has 0 fully saturated rings. The van der Waals surface area contributed by atoms with Crippen LogP contribution < -0.4 is 5.56 Å². The van der Waals surface area contributed by atoms with Crippen LogP contribution in [0.25, 0.3) is 22.4 Å². The number of benzene rings is 1. The highest BCUT2D eigenvalue weighted by molar-refractivity contribution is 6.30. The zero-order chi connectivity index (χ0) is 17.3. The molecule has 0 amide bonds. The van der Waals surface area contributed by atoms with Crippen LogP contribution in [0.3, 0.4) is 0 Å². The summed E-state index contributed by atoms with van der Waals surface area (Å²) in [4.78, 5) is 32.3. The number of aryl methyl sites for hydroxylation is 1. The van der Waals surface area contributed by atoms with E-state index < -0.39 is 5.97 Å². The molecule has 0 radical (unpaired) electrons. The van der Waals surface area contributed by atoms with Crippen LogP contribution in [0.15, 0.2) is 35.1 Å². The van der Waals surface area contributed by atoms with Crippen LogP contribution in [0, 0.1) is 6.92 Å². The Balaban J connectivity index is 2.24. The number of carbonyl (C=O) groups is 1. The summed E-state index contributed by atoms with van der Waals surface area (Å²) in [7, 11) is 0. The first-order valence-corrected chi connectivity index (χ1v) is 7.89. The van der Waals surface area contributed by atoms with Gasteiger partial charge in [0, 0.05) is 16.3 Å². The van der Waals surface area contributed by atoms with Crippen LogP contribution in [0.4, 0.5) is 0 Å². The molecule has 0 aliphatic carbocycles. The number of halogens is 1. The monoisotopic (exact) mass is 345 g/mol. The quantitative estimate of drug-likeness (QED) is 0.737. The Bertz CT molecular complexity index is 975.